The van der Waals surface area contributed by atoms with Crippen LogP contribution in [0.15, 0.2) is 11.4 Å². The van der Waals surface area contributed by atoms with Gasteiger partial charge >= 0.3 is 0 Å². The Morgan fingerprint density at radius 3 is 2.90 bits per heavy atom. The van der Waals surface area contributed by atoms with E-state index >= 15 is 0 Å². The van der Waals surface area contributed by atoms with E-state index in [1.165, 1.54) is 0 Å². The zero-order chi connectivity index (χ0) is 7.56. The number of aliphatic hydroxyl groups is 1. The molecule has 0 aromatic carbocycles. The highest BCUT2D eigenvalue weighted by Gasteiger charge is 2.03. The van der Waals surface area contributed by atoms with E-state index in [0.717, 1.165) is 9.90 Å². The molecule has 0 saturated heterocycles. The molecule has 56 valence electrons. The number of rotatable bonds is 2. The molecule has 1 aromatic rings. The number of hydrogen-bond donors (Lipinski definition) is 1. The number of thiophene rings is 1. The molecule has 0 aliphatic heterocycles. The van der Waals surface area contributed by atoms with Crippen LogP contribution in [0.5, 0.6) is 0 Å². The maximum absolute atomic E-state index is 9.00. The Morgan fingerprint density at radius 2 is 2.50 bits per heavy atom. The fourth-order valence-electron chi connectivity index (χ4n) is 0.739. The van der Waals surface area contributed by atoms with Gasteiger partial charge in [0.15, 0.2) is 0 Å². The molecule has 0 unspecified atom stereocenters. The lowest BCUT2D eigenvalue weighted by Crippen LogP contribution is -2.02. The van der Waals surface area contributed by atoms with E-state index in [2.05, 4.69) is 0 Å². The van der Waals surface area contributed by atoms with Crippen LogP contribution in [-0.4, -0.2) is 11.2 Å². The monoisotopic (exact) mass is 176 g/mol. The Kier molecular flexibility index (Phi) is 2.72. The van der Waals surface area contributed by atoms with Gasteiger partial charge in [0.2, 0.25) is 0 Å². The first-order valence-electron chi connectivity index (χ1n) is 3.10. The third kappa shape index (κ3) is 1.97. The third-order valence-corrected chi connectivity index (χ3v) is 2.58. The molecule has 1 N–H and O–H groups in total. The van der Waals surface area contributed by atoms with E-state index in [-0.39, 0.29) is 6.10 Å². The molecule has 0 aliphatic carbocycles. The first kappa shape index (κ1) is 8.05. The van der Waals surface area contributed by atoms with Gasteiger partial charge in [-0.2, -0.15) is 0 Å². The van der Waals surface area contributed by atoms with Gasteiger partial charge in [0.1, 0.15) is 0 Å². The molecule has 1 heterocycles. The fraction of sp³-hybridized carbons (Fsp3) is 0.429. The zero-order valence-corrected chi connectivity index (χ0v) is 7.25. The molecule has 1 rings (SSSR count). The van der Waals surface area contributed by atoms with Crippen LogP contribution >= 0.6 is 22.9 Å². The second-order valence-corrected chi connectivity index (χ2v) is 3.65. The Hall–Kier alpha value is -0.0500. The van der Waals surface area contributed by atoms with Crippen LogP contribution in [0.1, 0.15) is 11.8 Å². The van der Waals surface area contributed by atoms with E-state index in [9.17, 15) is 0 Å². The van der Waals surface area contributed by atoms with E-state index in [4.69, 9.17) is 16.7 Å². The zero-order valence-electron chi connectivity index (χ0n) is 5.67. The Balaban J connectivity index is 2.65. The number of aliphatic hydroxyl groups excluding tert-OH is 1. The average Bonchev–Trinajstić information content (AvgIpc) is 2.15. The van der Waals surface area contributed by atoms with E-state index < -0.39 is 0 Å². The van der Waals surface area contributed by atoms with Crippen molar-refractivity contribution in [1.29, 1.82) is 0 Å². The van der Waals surface area contributed by atoms with E-state index in [0.29, 0.717) is 6.42 Å². The summed E-state index contributed by atoms with van der Waals surface area (Å²) in [7, 11) is 0. The topological polar surface area (TPSA) is 20.2 Å². The van der Waals surface area contributed by atoms with Crippen LogP contribution in [0.3, 0.4) is 0 Å². The SMILES string of the molecule is C[C@H](O)Cc1sccc1Cl. The Labute approximate surface area is 69.3 Å². The van der Waals surface area contributed by atoms with Crippen LogP contribution in [0.4, 0.5) is 0 Å². The van der Waals surface area contributed by atoms with Crippen molar-refractivity contribution in [3.63, 3.8) is 0 Å². The molecule has 0 radical (unpaired) electrons. The van der Waals surface area contributed by atoms with Gasteiger partial charge in [0.25, 0.3) is 0 Å². The highest BCUT2D eigenvalue weighted by atomic mass is 35.5. The standard InChI is InChI=1S/C7H9ClOS/c1-5(9)4-7-6(8)2-3-10-7/h2-3,5,9H,4H2,1H3/t5-/m0/s1. The fourth-order valence-corrected chi connectivity index (χ4v) is 1.97. The minimum absolute atomic E-state index is 0.295. The summed E-state index contributed by atoms with van der Waals surface area (Å²) in [6.07, 6.45) is 0.368. The molecule has 0 saturated carbocycles. The molecule has 1 aromatic heterocycles. The summed E-state index contributed by atoms with van der Waals surface area (Å²) in [5, 5.41) is 11.7. The quantitative estimate of drug-likeness (QED) is 0.734. The lowest BCUT2D eigenvalue weighted by molar-refractivity contribution is 0.196. The summed E-state index contributed by atoms with van der Waals surface area (Å²) >= 11 is 7.37. The van der Waals surface area contributed by atoms with Crippen LogP contribution in [0, 0.1) is 0 Å². The van der Waals surface area contributed by atoms with Gasteiger partial charge in [-0.05, 0) is 18.4 Å². The third-order valence-electron chi connectivity index (χ3n) is 1.17. The summed E-state index contributed by atoms with van der Waals surface area (Å²) in [5.74, 6) is 0. The summed E-state index contributed by atoms with van der Waals surface area (Å²) in [4.78, 5) is 1.07. The summed E-state index contributed by atoms with van der Waals surface area (Å²) in [6, 6.07) is 1.85. The first-order chi connectivity index (χ1) is 4.70. The minimum Gasteiger partial charge on any atom is -0.393 e. The Morgan fingerprint density at radius 1 is 1.80 bits per heavy atom. The van der Waals surface area contributed by atoms with Crippen LogP contribution < -0.4 is 0 Å². The van der Waals surface area contributed by atoms with Crippen molar-refractivity contribution in [2.75, 3.05) is 0 Å². The second kappa shape index (κ2) is 3.37. The smallest absolute Gasteiger partial charge is 0.0560 e. The molecule has 0 bridgehead atoms. The van der Waals surface area contributed by atoms with Gasteiger partial charge in [-0.15, -0.1) is 11.3 Å². The molecule has 0 aliphatic rings. The predicted molar refractivity (Wildman–Crippen MR) is 44.7 cm³/mol. The molecular formula is C7H9ClOS. The highest BCUT2D eigenvalue weighted by Crippen LogP contribution is 2.22. The molecular weight excluding hydrogens is 168 g/mol. The van der Waals surface area contributed by atoms with Crippen LogP contribution in [0.2, 0.25) is 5.02 Å². The lowest BCUT2D eigenvalue weighted by Gasteiger charge is -2.00. The van der Waals surface area contributed by atoms with Gasteiger partial charge in [0, 0.05) is 11.3 Å². The molecule has 1 atom stereocenters. The molecule has 0 fully saturated rings. The number of hydrogen-bond acceptors (Lipinski definition) is 2. The molecule has 3 heteroatoms. The Bertz CT molecular complexity index is 207. The van der Waals surface area contributed by atoms with Crippen molar-refractivity contribution in [3.05, 3.63) is 21.3 Å². The first-order valence-corrected chi connectivity index (χ1v) is 4.36. The van der Waals surface area contributed by atoms with Crippen molar-refractivity contribution in [3.8, 4) is 0 Å². The van der Waals surface area contributed by atoms with Gasteiger partial charge in [0.05, 0.1) is 11.1 Å². The van der Waals surface area contributed by atoms with Crippen molar-refractivity contribution in [2.45, 2.75) is 19.4 Å². The summed E-state index contributed by atoms with van der Waals surface area (Å²) in [6.45, 7) is 1.76. The van der Waals surface area contributed by atoms with Gasteiger partial charge in [-0.3, -0.25) is 0 Å². The molecule has 0 spiro atoms. The van der Waals surface area contributed by atoms with E-state index in [1.54, 1.807) is 18.3 Å². The number of halogens is 1. The van der Waals surface area contributed by atoms with Crippen molar-refractivity contribution in [1.82, 2.24) is 0 Å². The predicted octanol–water partition coefficient (Wildman–Crippen LogP) is 2.32. The molecule has 10 heavy (non-hydrogen) atoms. The second-order valence-electron chi connectivity index (χ2n) is 2.24. The summed E-state index contributed by atoms with van der Waals surface area (Å²) < 4.78 is 0. The van der Waals surface area contributed by atoms with Crippen molar-refractivity contribution in [2.24, 2.45) is 0 Å². The minimum atomic E-state index is -0.295. The van der Waals surface area contributed by atoms with Gasteiger partial charge < -0.3 is 5.11 Å². The van der Waals surface area contributed by atoms with Crippen LogP contribution in [-0.2, 0) is 6.42 Å². The maximum Gasteiger partial charge on any atom is 0.0560 e. The maximum atomic E-state index is 9.00. The largest absolute Gasteiger partial charge is 0.393 e. The summed E-state index contributed by atoms with van der Waals surface area (Å²) in [5.41, 5.74) is 0. The molecule has 0 amide bonds. The average molecular weight is 177 g/mol. The highest BCUT2D eigenvalue weighted by molar-refractivity contribution is 7.10. The van der Waals surface area contributed by atoms with Gasteiger partial charge in [-0.25, -0.2) is 0 Å². The van der Waals surface area contributed by atoms with Crippen LogP contribution in [0.25, 0.3) is 0 Å². The molecule has 1 nitrogen and oxygen atoms in total. The van der Waals surface area contributed by atoms with Crippen molar-refractivity contribution >= 4 is 22.9 Å². The normalized spacial score (nSPS) is 13.5. The van der Waals surface area contributed by atoms with Gasteiger partial charge in [-0.1, -0.05) is 11.6 Å². The van der Waals surface area contributed by atoms with Crippen molar-refractivity contribution < 1.29 is 5.11 Å². The van der Waals surface area contributed by atoms with E-state index in [1.807, 2.05) is 11.4 Å². The lowest BCUT2D eigenvalue weighted by atomic mass is 10.2.